The van der Waals surface area contributed by atoms with Gasteiger partial charge in [-0.2, -0.15) is 0 Å². The molecule has 7 heteroatoms. The molecule has 0 aliphatic carbocycles. The highest BCUT2D eigenvalue weighted by Gasteiger charge is 2.41. The normalized spacial score (nSPS) is 19.5. The van der Waals surface area contributed by atoms with Crippen LogP contribution in [-0.4, -0.2) is 32.6 Å². The largest absolute Gasteiger partial charge is 0.495 e. The van der Waals surface area contributed by atoms with Gasteiger partial charge >= 0.3 is 5.97 Å². The lowest BCUT2D eigenvalue weighted by Gasteiger charge is -2.38. The van der Waals surface area contributed by atoms with E-state index in [9.17, 15) is 18.3 Å². The van der Waals surface area contributed by atoms with Gasteiger partial charge in [0.05, 0.1) is 18.7 Å². The minimum absolute atomic E-state index is 0.0866. The number of hydrogen-bond donors (Lipinski definition) is 1. The van der Waals surface area contributed by atoms with Crippen molar-refractivity contribution < 1.29 is 23.1 Å². The highest BCUT2D eigenvalue weighted by Crippen LogP contribution is 2.43. The third-order valence-corrected chi connectivity index (χ3v) is 7.09. The molecule has 2 aromatic rings. The molecule has 2 unspecified atom stereocenters. The predicted molar refractivity (Wildman–Crippen MR) is 103 cm³/mol. The van der Waals surface area contributed by atoms with Crippen molar-refractivity contribution in [3.63, 3.8) is 0 Å². The zero-order valence-corrected chi connectivity index (χ0v) is 16.6. The van der Waals surface area contributed by atoms with E-state index in [2.05, 4.69) is 0 Å². The van der Waals surface area contributed by atoms with Gasteiger partial charge in [0.1, 0.15) is 10.6 Å². The molecule has 2 atom stereocenters. The molecular weight excluding hydrogens is 366 g/mol. The minimum Gasteiger partial charge on any atom is -0.495 e. The highest BCUT2D eigenvalue weighted by atomic mass is 32.2. The van der Waals surface area contributed by atoms with Crippen molar-refractivity contribution in [2.75, 3.05) is 11.4 Å². The highest BCUT2D eigenvalue weighted by molar-refractivity contribution is 7.93. The lowest BCUT2D eigenvalue weighted by Crippen LogP contribution is -2.44. The Labute approximate surface area is 159 Å². The lowest BCUT2D eigenvalue weighted by atomic mass is 9.87. The van der Waals surface area contributed by atoms with Crippen LogP contribution in [0.15, 0.2) is 41.3 Å². The number of nitrogens with zero attached hydrogens (tertiary/aromatic N) is 1. The Balaban J connectivity index is 2.22. The van der Waals surface area contributed by atoms with E-state index in [1.54, 1.807) is 43.3 Å². The van der Waals surface area contributed by atoms with Crippen molar-refractivity contribution in [2.45, 2.75) is 44.0 Å². The van der Waals surface area contributed by atoms with E-state index in [0.717, 1.165) is 11.1 Å². The van der Waals surface area contributed by atoms with E-state index >= 15 is 0 Å². The Bertz CT molecular complexity index is 999. The van der Waals surface area contributed by atoms with Gasteiger partial charge in [-0.25, -0.2) is 8.42 Å². The van der Waals surface area contributed by atoms with Gasteiger partial charge in [0.15, 0.2) is 0 Å². The molecule has 0 saturated heterocycles. The number of hydrogen-bond acceptors (Lipinski definition) is 4. The smallest absolute Gasteiger partial charge is 0.311 e. The van der Waals surface area contributed by atoms with Crippen molar-refractivity contribution in [1.29, 1.82) is 0 Å². The molecule has 2 aromatic carbocycles. The summed E-state index contributed by atoms with van der Waals surface area (Å²) < 4.78 is 33.8. The van der Waals surface area contributed by atoms with E-state index in [1.165, 1.54) is 11.4 Å². The van der Waals surface area contributed by atoms with Gasteiger partial charge in [-0.1, -0.05) is 18.2 Å². The van der Waals surface area contributed by atoms with Crippen LogP contribution in [0.3, 0.4) is 0 Å². The number of sulfonamides is 1. The number of carbonyl (C=O) groups is 1. The van der Waals surface area contributed by atoms with Gasteiger partial charge in [-0.05, 0) is 62.1 Å². The summed E-state index contributed by atoms with van der Waals surface area (Å²) in [5.74, 6) is -1.40. The Morgan fingerprint density at radius 3 is 2.44 bits per heavy atom. The fourth-order valence-corrected chi connectivity index (χ4v) is 5.53. The summed E-state index contributed by atoms with van der Waals surface area (Å²) in [6.07, 6.45) is 0.207. The van der Waals surface area contributed by atoms with Crippen molar-refractivity contribution in [2.24, 2.45) is 0 Å². The van der Waals surface area contributed by atoms with Gasteiger partial charge in [0.2, 0.25) is 0 Å². The Hall–Kier alpha value is -2.54. The predicted octanol–water partition coefficient (Wildman–Crippen LogP) is 3.47. The molecule has 0 amide bonds. The number of benzene rings is 2. The number of rotatable bonds is 4. The van der Waals surface area contributed by atoms with Crippen LogP contribution in [0.1, 0.15) is 36.0 Å². The van der Waals surface area contributed by atoms with Gasteiger partial charge in [-0.3, -0.25) is 9.10 Å². The third kappa shape index (κ3) is 3.16. The fourth-order valence-electron chi connectivity index (χ4n) is 3.61. The molecule has 0 radical (unpaired) electrons. The summed E-state index contributed by atoms with van der Waals surface area (Å²) in [6, 6.07) is 9.61. The van der Waals surface area contributed by atoms with Crippen molar-refractivity contribution in [3.8, 4) is 5.75 Å². The van der Waals surface area contributed by atoms with Crippen LogP contribution in [0.2, 0.25) is 0 Å². The van der Waals surface area contributed by atoms with Gasteiger partial charge < -0.3 is 9.84 Å². The average molecular weight is 389 g/mol. The molecule has 27 heavy (non-hydrogen) atoms. The number of anilines is 1. The van der Waals surface area contributed by atoms with Crippen molar-refractivity contribution >= 4 is 21.7 Å². The summed E-state index contributed by atoms with van der Waals surface area (Å²) in [5, 5.41) is 9.57. The number of methoxy groups -OCH3 is 1. The summed E-state index contributed by atoms with van der Waals surface area (Å²) in [7, 11) is -2.50. The first-order chi connectivity index (χ1) is 12.7. The number of ether oxygens (including phenoxy) is 1. The fraction of sp³-hybridized carbons (Fsp3) is 0.350. The summed E-state index contributed by atoms with van der Waals surface area (Å²) in [4.78, 5) is 11.8. The van der Waals surface area contributed by atoms with Gasteiger partial charge in [0, 0.05) is 6.04 Å². The topological polar surface area (TPSA) is 83.9 Å². The molecule has 1 aliphatic rings. The summed E-state index contributed by atoms with van der Waals surface area (Å²) in [5.41, 5.74) is 2.69. The number of aliphatic carboxylic acids is 1. The van der Waals surface area contributed by atoms with E-state index < -0.39 is 28.0 Å². The molecular formula is C20H23NO5S. The van der Waals surface area contributed by atoms with E-state index in [4.69, 9.17) is 4.74 Å². The van der Waals surface area contributed by atoms with Gasteiger partial charge in [0.25, 0.3) is 10.0 Å². The maximum absolute atomic E-state index is 13.6. The minimum atomic E-state index is -3.94. The molecule has 1 N–H and O–H groups in total. The number of carboxylic acids is 1. The first-order valence-corrected chi connectivity index (χ1v) is 10.1. The molecule has 0 bridgehead atoms. The SMILES string of the molecule is COc1cc(C)c(C)cc1S(=O)(=O)N1c2ccccc2C(C(=O)O)CC1C. The second kappa shape index (κ2) is 6.88. The molecule has 1 heterocycles. The molecule has 0 fully saturated rings. The Morgan fingerprint density at radius 1 is 1.19 bits per heavy atom. The summed E-state index contributed by atoms with van der Waals surface area (Å²) >= 11 is 0. The van der Waals surface area contributed by atoms with Crippen LogP contribution in [0.25, 0.3) is 0 Å². The van der Waals surface area contributed by atoms with Crippen LogP contribution >= 0.6 is 0 Å². The number of carboxylic acid groups (broad SMARTS) is 1. The lowest BCUT2D eigenvalue weighted by molar-refractivity contribution is -0.139. The molecule has 1 aliphatic heterocycles. The molecule has 6 nitrogen and oxygen atoms in total. The Kier molecular flexibility index (Phi) is 4.90. The van der Waals surface area contributed by atoms with Crippen LogP contribution in [-0.2, 0) is 14.8 Å². The van der Waals surface area contributed by atoms with Gasteiger partial charge in [-0.15, -0.1) is 0 Å². The monoisotopic (exact) mass is 389 g/mol. The molecule has 3 rings (SSSR count). The number of para-hydroxylation sites is 1. The Morgan fingerprint density at radius 2 is 1.81 bits per heavy atom. The van der Waals surface area contributed by atoms with E-state index in [1.807, 2.05) is 13.8 Å². The third-order valence-electron chi connectivity index (χ3n) is 5.14. The van der Waals surface area contributed by atoms with Crippen LogP contribution in [0.4, 0.5) is 5.69 Å². The first-order valence-electron chi connectivity index (χ1n) is 8.70. The zero-order chi connectivity index (χ0) is 19.9. The standard InChI is InChI=1S/C20H23NO5S/c1-12-9-18(26-4)19(10-13(12)2)27(24,25)21-14(3)11-16(20(22)23)15-7-5-6-8-17(15)21/h5-10,14,16H,11H2,1-4H3,(H,22,23). The second-order valence-corrected chi connectivity index (χ2v) is 8.71. The molecule has 0 aromatic heterocycles. The molecule has 0 saturated carbocycles. The molecule has 0 spiro atoms. The first kappa shape index (κ1) is 19.2. The molecule has 144 valence electrons. The zero-order valence-electron chi connectivity index (χ0n) is 15.8. The van der Waals surface area contributed by atoms with Crippen molar-refractivity contribution in [3.05, 3.63) is 53.1 Å². The van der Waals surface area contributed by atoms with E-state index in [0.29, 0.717) is 11.3 Å². The number of aryl methyl sites for hydroxylation is 2. The second-order valence-electron chi connectivity index (χ2n) is 6.92. The maximum atomic E-state index is 13.6. The number of fused-ring (bicyclic) bond motifs is 1. The van der Waals surface area contributed by atoms with E-state index in [-0.39, 0.29) is 17.1 Å². The summed E-state index contributed by atoms with van der Waals surface area (Å²) in [6.45, 7) is 5.48. The van der Waals surface area contributed by atoms with Crippen LogP contribution < -0.4 is 9.04 Å². The van der Waals surface area contributed by atoms with Crippen molar-refractivity contribution in [1.82, 2.24) is 0 Å². The quantitative estimate of drug-likeness (QED) is 0.866. The van der Waals surface area contributed by atoms with Crippen LogP contribution in [0.5, 0.6) is 5.75 Å². The maximum Gasteiger partial charge on any atom is 0.311 e. The average Bonchev–Trinajstić information content (AvgIpc) is 2.62. The van der Waals surface area contributed by atoms with Crippen LogP contribution in [0, 0.1) is 13.8 Å².